The first-order chi connectivity index (χ1) is 10.2. The minimum absolute atomic E-state index is 0.00569. The second kappa shape index (κ2) is 6.28. The van der Waals surface area contributed by atoms with Crippen molar-refractivity contribution in [3.8, 4) is 0 Å². The smallest absolute Gasteiger partial charge is 0.233 e. The lowest BCUT2D eigenvalue weighted by atomic mass is 10.3. The third kappa shape index (κ3) is 3.43. The van der Waals surface area contributed by atoms with E-state index < -0.39 is 0 Å². The van der Waals surface area contributed by atoms with Crippen molar-refractivity contribution in [2.75, 3.05) is 0 Å². The molecule has 0 aliphatic heterocycles. The summed E-state index contributed by atoms with van der Waals surface area (Å²) in [7, 11) is 0. The van der Waals surface area contributed by atoms with E-state index in [9.17, 15) is 4.79 Å². The van der Waals surface area contributed by atoms with Crippen molar-refractivity contribution in [1.29, 1.82) is 0 Å². The molecule has 0 spiro atoms. The largest absolute Gasteiger partial charge is 0.350 e. The highest BCUT2D eigenvalue weighted by Crippen LogP contribution is 2.31. The number of hydrogen-bond acceptors (Lipinski definition) is 5. The quantitative estimate of drug-likeness (QED) is 0.710. The molecule has 1 amide bonds. The van der Waals surface area contributed by atoms with E-state index in [0.717, 1.165) is 20.3 Å². The van der Waals surface area contributed by atoms with Gasteiger partial charge in [-0.1, -0.05) is 23.9 Å². The molecule has 21 heavy (non-hydrogen) atoms. The normalized spacial score (nSPS) is 12.4. The molecule has 3 rings (SSSR count). The van der Waals surface area contributed by atoms with Crippen molar-refractivity contribution >= 4 is 39.2 Å². The average Bonchev–Trinajstić information content (AvgIpc) is 3.13. The van der Waals surface area contributed by atoms with Gasteiger partial charge in [-0.15, -0.1) is 11.3 Å². The van der Waals surface area contributed by atoms with Gasteiger partial charge in [-0.2, -0.15) is 5.10 Å². The minimum Gasteiger partial charge on any atom is -0.350 e. The molecule has 1 aromatic carbocycles. The van der Waals surface area contributed by atoms with E-state index in [2.05, 4.69) is 20.5 Å². The van der Waals surface area contributed by atoms with Gasteiger partial charge in [0.1, 0.15) is 0 Å². The summed E-state index contributed by atoms with van der Waals surface area (Å²) < 4.78 is 2.06. The minimum atomic E-state index is -0.187. The molecule has 2 aromatic heterocycles. The van der Waals surface area contributed by atoms with Crippen molar-refractivity contribution in [1.82, 2.24) is 20.5 Å². The van der Waals surface area contributed by atoms with Gasteiger partial charge in [0.05, 0.1) is 27.7 Å². The van der Waals surface area contributed by atoms with Gasteiger partial charge in [-0.05, 0) is 25.1 Å². The zero-order valence-electron chi connectivity index (χ0n) is 11.4. The number of fused-ring (bicyclic) bond motifs is 1. The second-order valence-electron chi connectivity index (χ2n) is 4.51. The molecule has 3 aromatic rings. The van der Waals surface area contributed by atoms with E-state index in [4.69, 9.17) is 0 Å². The maximum atomic E-state index is 12.1. The Hall–Kier alpha value is -1.86. The van der Waals surface area contributed by atoms with Gasteiger partial charge in [-0.3, -0.25) is 9.89 Å². The van der Waals surface area contributed by atoms with E-state index in [0.29, 0.717) is 6.54 Å². The molecule has 108 valence electrons. The Morgan fingerprint density at radius 2 is 2.29 bits per heavy atom. The molecule has 0 saturated heterocycles. The molecule has 7 heteroatoms. The standard InChI is InChI=1S/C14H14N4OS2/c1-9(13(19)15-8-10-6-7-16-18-10)20-14-17-11-4-2-3-5-12(11)21-14/h2-7,9H,8H2,1H3,(H,15,19)(H,16,18)/t9-/m1/s1. The maximum absolute atomic E-state index is 12.1. The van der Waals surface area contributed by atoms with Crippen LogP contribution in [0.4, 0.5) is 0 Å². The van der Waals surface area contributed by atoms with Crippen LogP contribution < -0.4 is 5.32 Å². The van der Waals surface area contributed by atoms with E-state index >= 15 is 0 Å². The average molecular weight is 318 g/mol. The molecule has 0 aliphatic carbocycles. The van der Waals surface area contributed by atoms with Crippen LogP contribution in [0.3, 0.4) is 0 Å². The van der Waals surface area contributed by atoms with E-state index in [1.807, 2.05) is 37.3 Å². The van der Waals surface area contributed by atoms with Gasteiger partial charge in [-0.25, -0.2) is 4.98 Å². The first-order valence-electron chi connectivity index (χ1n) is 6.50. The lowest BCUT2D eigenvalue weighted by Gasteiger charge is -2.09. The van der Waals surface area contributed by atoms with Crippen LogP contribution in [-0.4, -0.2) is 26.3 Å². The Morgan fingerprint density at radius 3 is 3.05 bits per heavy atom. The molecule has 2 N–H and O–H groups in total. The summed E-state index contributed by atoms with van der Waals surface area (Å²) in [5, 5.41) is 9.36. The lowest BCUT2D eigenvalue weighted by Crippen LogP contribution is -2.30. The van der Waals surface area contributed by atoms with Crippen LogP contribution in [0.1, 0.15) is 12.6 Å². The molecule has 0 saturated carbocycles. The summed E-state index contributed by atoms with van der Waals surface area (Å²) in [6.07, 6.45) is 1.67. The van der Waals surface area contributed by atoms with Crippen molar-refractivity contribution < 1.29 is 4.79 Å². The highest BCUT2D eigenvalue weighted by Gasteiger charge is 2.16. The molecular formula is C14H14N4OS2. The summed E-state index contributed by atoms with van der Waals surface area (Å²) >= 11 is 3.10. The highest BCUT2D eigenvalue weighted by molar-refractivity contribution is 8.02. The van der Waals surface area contributed by atoms with Crippen LogP contribution in [0.5, 0.6) is 0 Å². The number of para-hydroxylation sites is 1. The molecule has 0 unspecified atom stereocenters. The molecule has 0 radical (unpaired) electrons. The van der Waals surface area contributed by atoms with Crippen molar-refractivity contribution in [3.63, 3.8) is 0 Å². The molecule has 0 fully saturated rings. The Bertz CT molecular complexity index is 705. The zero-order chi connectivity index (χ0) is 14.7. The number of H-pyrrole nitrogens is 1. The SMILES string of the molecule is C[C@@H](Sc1nc2ccccc2s1)C(=O)NCc1ccn[nH]1. The molecule has 0 bridgehead atoms. The second-order valence-corrected chi connectivity index (χ2v) is 7.13. The summed E-state index contributed by atoms with van der Waals surface area (Å²) in [6, 6.07) is 9.83. The van der Waals surface area contributed by atoms with E-state index in [-0.39, 0.29) is 11.2 Å². The number of amides is 1. The first kappa shape index (κ1) is 14.1. The Kier molecular flexibility index (Phi) is 4.21. The molecular weight excluding hydrogens is 304 g/mol. The predicted octanol–water partition coefficient (Wildman–Crippen LogP) is 2.82. The number of nitrogens with one attached hydrogen (secondary N) is 2. The van der Waals surface area contributed by atoms with Gasteiger partial charge in [0.2, 0.25) is 5.91 Å². The lowest BCUT2D eigenvalue weighted by molar-refractivity contribution is -0.120. The van der Waals surface area contributed by atoms with Gasteiger partial charge < -0.3 is 5.32 Å². The van der Waals surface area contributed by atoms with Gasteiger partial charge in [0.15, 0.2) is 4.34 Å². The third-order valence-electron chi connectivity index (χ3n) is 2.93. The van der Waals surface area contributed by atoms with Crippen LogP contribution in [0.25, 0.3) is 10.2 Å². The zero-order valence-corrected chi connectivity index (χ0v) is 13.0. The highest BCUT2D eigenvalue weighted by atomic mass is 32.2. The van der Waals surface area contributed by atoms with E-state index in [1.165, 1.54) is 11.8 Å². The van der Waals surface area contributed by atoms with Gasteiger partial charge in [0, 0.05) is 6.20 Å². The number of nitrogens with zero attached hydrogens (tertiary/aromatic N) is 2. The number of carbonyl (C=O) groups is 1. The number of hydrogen-bond donors (Lipinski definition) is 2. The van der Waals surface area contributed by atoms with Crippen LogP contribution in [0.2, 0.25) is 0 Å². The number of aromatic amines is 1. The number of benzene rings is 1. The van der Waals surface area contributed by atoms with E-state index in [1.54, 1.807) is 17.5 Å². The summed E-state index contributed by atoms with van der Waals surface area (Å²) in [4.78, 5) is 16.6. The summed E-state index contributed by atoms with van der Waals surface area (Å²) in [6.45, 7) is 2.35. The van der Waals surface area contributed by atoms with Crippen molar-refractivity contribution in [2.24, 2.45) is 0 Å². The Labute approximate surface area is 130 Å². The van der Waals surface area contributed by atoms with Crippen LogP contribution >= 0.6 is 23.1 Å². The van der Waals surface area contributed by atoms with Gasteiger partial charge >= 0.3 is 0 Å². The number of thioether (sulfide) groups is 1. The number of thiazole rings is 1. The van der Waals surface area contributed by atoms with Crippen molar-refractivity contribution in [3.05, 3.63) is 42.2 Å². The molecule has 1 atom stereocenters. The first-order valence-corrected chi connectivity index (χ1v) is 8.20. The monoisotopic (exact) mass is 318 g/mol. The fourth-order valence-electron chi connectivity index (χ4n) is 1.82. The Morgan fingerprint density at radius 1 is 1.43 bits per heavy atom. The number of carbonyl (C=O) groups excluding carboxylic acids is 1. The predicted molar refractivity (Wildman–Crippen MR) is 85.4 cm³/mol. The fraction of sp³-hybridized carbons (Fsp3) is 0.214. The van der Waals surface area contributed by atoms with Crippen LogP contribution in [0.15, 0.2) is 40.9 Å². The third-order valence-corrected chi connectivity index (χ3v) is 5.16. The van der Waals surface area contributed by atoms with Crippen LogP contribution in [-0.2, 0) is 11.3 Å². The van der Waals surface area contributed by atoms with Crippen LogP contribution in [0, 0.1) is 0 Å². The maximum Gasteiger partial charge on any atom is 0.233 e. The topological polar surface area (TPSA) is 70.7 Å². The summed E-state index contributed by atoms with van der Waals surface area (Å²) in [5.41, 5.74) is 1.87. The van der Waals surface area contributed by atoms with Crippen molar-refractivity contribution in [2.45, 2.75) is 23.1 Å². The van der Waals surface area contributed by atoms with Gasteiger partial charge in [0.25, 0.3) is 0 Å². The summed E-state index contributed by atoms with van der Waals surface area (Å²) in [5.74, 6) is -0.00569. The molecule has 0 aliphatic rings. The number of aromatic nitrogens is 3. The fourth-order valence-corrected chi connectivity index (χ4v) is 4.05. The molecule has 5 nitrogen and oxygen atoms in total. The molecule has 2 heterocycles. The number of rotatable bonds is 5. The Balaban J connectivity index is 1.59.